The standard InChI is InChI=1S/C14H18N4O4P.Y/c1-10(6-22-9-23(19,20)21)14(4-3-5-14)18-8-17-12-11(2)15-7-16-13(12)18;/h8H,1,3-6,9H2,2H3,(H2,19,20,21);/q-1;. The molecule has 0 saturated heterocycles. The zero-order chi connectivity index (χ0) is 16.7. The summed E-state index contributed by atoms with van der Waals surface area (Å²) in [5, 5.41) is 0. The summed E-state index contributed by atoms with van der Waals surface area (Å²) in [7, 11) is -4.18. The molecule has 2 aromatic heterocycles. The molecule has 0 bridgehead atoms. The fraction of sp³-hybridized carbons (Fsp3) is 0.500. The number of hydrogen-bond donors (Lipinski definition) is 2. The normalized spacial score (nSPS) is 16.5. The first-order valence-electron chi connectivity index (χ1n) is 7.22. The molecule has 3 rings (SSSR count). The van der Waals surface area contributed by atoms with Crippen LogP contribution in [0.3, 0.4) is 0 Å². The second-order valence-electron chi connectivity index (χ2n) is 5.83. The van der Waals surface area contributed by atoms with Crippen LogP contribution in [0.1, 0.15) is 25.0 Å². The van der Waals surface area contributed by atoms with E-state index in [0.29, 0.717) is 5.65 Å². The molecule has 0 unspecified atom stereocenters. The van der Waals surface area contributed by atoms with Gasteiger partial charge >= 0.3 is 7.60 Å². The van der Waals surface area contributed by atoms with E-state index in [1.165, 1.54) is 0 Å². The third-order valence-electron chi connectivity index (χ3n) is 4.29. The van der Waals surface area contributed by atoms with Crippen molar-refractivity contribution >= 4 is 18.8 Å². The Labute approximate surface area is 164 Å². The van der Waals surface area contributed by atoms with Crippen molar-refractivity contribution in [1.82, 2.24) is 19.5 Å². The van der Waals surface area contributed by atoms with Crippen molar-refractivity contribution in [1.29, 1.82) is 0 Å². The van der Waals surface area contributed by atoms with Crippen LogP contribution in [0.15, 0.2) is 18.5 Å². The van der Waals surface area contributed by atoms with Crippen LogP contribution in [-0.2, 0) is 47.6 Å². The van der Waals surface area contributed by atoms with Crippen molar-refractivity contribution in [2.75, 3.05) is 13.0 Å². The smallest absolute Gasteiger partial charge is 0.350 e. The van der Waals surface area contributed by atoms with Gasteiger partial charge in [-0.3, -0.25) is 9.55 Å². The summed E-state index contributed by atoms with van der Waals surface area (Å²) in [4.78, 5) is 30.4. The van der Waals surface area contributed by atoms with Crippen LogP contribution in [0.5, 0.6) is 0 Å². The number of aryl methyl sites for hydroxylation is 1. The summed E-state index contributed by atoms with van der Waals surface area (Å²) in [6.45, 7) is 6.01. The molecule has 0 aliphatic heterocycles. The molecule has 1 aliphatic rings. The van der Waals surface area contributed by atoms with Crippen molar-refractivity contribution < 1.29 is 51.8 Å². The third-order valence-corrected chi connectivity index (χ3v) is 4.81. The van der Waals surface area contributed by atoms with Gasteiger partial charge in [0.05, 0.1) is 18.5 Å². The minimum Gasteiger partial charge on any atom is -0.369 e. The van der Waals surface area contributed by atoms with Gasteiger partial charge in [0, 0.05) is 50.2 Å². The van der Waals surface area contributed by atoms with Gasteiger partial charge < -0.3 is 29.1 Å². The summed E-state index contributed by atoms with van der Waals surface area (Å²) in [5.74, 6) is 0. The molecule has 1 aliphatic carbocycles. The van der Waals surface area contributed by atoms with Crippen LogP contribution in [0.4, 0.5) is 0 Å². The molecule has 8 nitrogen and oxygen atoms in total. The topological polar surface area (TPSA) is 110 Å². The molecule has 1 fully saturated rings. The van der Waals surface area contributed by atoms with Crippen molar-refractivity contribution in [3.8, 4) is 0 Å². The first kappa shape index (κ1) is 19.8. The average molecular weight is 426 g/mol. The van der Waals surface area contributed by atoms with Gasteiger partial charge in [0.1, 0.15) is 6.35 Å². The van der Waals surface area contributed by atoms with Crippen LogP contribution in [0.2, 0.25) is 0 Å². The summed E-state index contributed by atoms with van der Waals surface area (Å²) in [5.41, 5.74) is 2.55. The van der Waals surface area contributed by atoms with E-state index >= 15 is 0 Å². The maximum Gasteiger partial charge on any atom is 0.350 e. The van der Waals surface area contributed by atoms with E-state index in [0.717, 1.165) is 36.0 Å². The number of fused-ring (bicyclic) bond motifs is 1. The average Bonchev–Trinajstić information content (AvgIpc) is 2.82. The van der Waals surface area contributed by atoms with Crippen LogP contribution in [0.25, 0.3) is 11.2 Å². The van der Waals surface area contributed by atoms with E-state index in [1.807, 2.05) is 11.5 Å². The molecule has 0 atom stereocenters. The SMILES string of the molecule is C=C(COCP(=O)(O)O)C1(n2cnc3c(C)n[c-]nc32)CCC1.[Y]. The van der Waals surface area contributed by atoms with Crippen molar-refractivity contribution in [3.05, 3.63) is 30.5 Å². The van der Waals surface area contributed by atoms with Crippen LogP contribution in [0, 0.1) is 13.3 Å². The first-order valence-corrected chi connectivity index (χ1v) is 9.02. The molecule has 24 heavy (non-hydrogen) atoms. The number of nitrogens with zero attached hydrogens (tertiary/aromatic N) is 4. The van der Waals surface area contributed by atoms with E-state index in [1.54, 1.807) is 6.33 Å². The number of hydrogen-bond acceptors (Lipinski definition) is 5. The van der Waals surface area contributed by atoms with Crippen LogP contribution in [-0.4, -0.2) is 42.3 Å². The Balaban J connectivity index is 0.00000208. The Bertz CT molecular complexity index is 799. The number of ether oxygens (including phenoxy) is 1. The molecule has 1 saturated carbocycles. The summed E-state index contributed by atoms with van der Waals surface area (Å²) in [6, 6.07) is 0. The molecule has 127 valence electrons. The maximum atomic E-state index is 10.9. The largest absolute Gasteiger partial charge is 0.369 e. The van der Waals surface area contributed by atoms with Crippen LogP contribution < -0.4 is 0 Å². The minimum atomic E-state index is -4.18. The second-order valence-corrected chi connectivity index (χ2v) is 7.41. The Hall–Kier alpha value is -0.496. The summed E-state index contributed by atoms with van der Waals surface area (Å²) >= 11 is 0. The van der Waals surface area contributed by atoms with Crippen molar-refractivity contribution in [2.45, 2.75) is 31.7 Å². The van der Waals surface area contributed by atoms with Gasteiger partial charge in [-0.05, 0) is 30.5 Å². The zero-order valence-electron chi connectivity index (χ0n) is 13.3. The van der Waals surface area contributed by atoms with E-state index in [-0.39, 0.29) is 44.9 Å². The molecule has 2 N–H and O–H groups in total. The Morgan fingerprint density at radius 1 is 1.50 bits per heavy atom. The van der Waals surface area contributed by atoms with Crippen molar-refractivity contribution in [2.24, 2.45) is 0 Å². The molecule has 2 heterocycles. The Morgan fingerprint density at radius 2 is 2.21 bits per heavy atom. The van der Waals surface area contributed by atoms with Crippen molar-refractivity contribution in [3.63, 3.8) is 0 Å². The Morgan fingerprint density at radius 3 is 2.79 bits per heavy atom. The number of imidazole rings is 1. The molecular weight excluding hydrogens is 408 g/mol. The fourth-order valence-corrected chi connectivity index (χ4v) is 3.25. The second kappa shape index (κ2) is 7.40. The van der Waals surface area contributed by atoms with E-state index < -0.39 is 13.9 Å². The molecule has 0 spiro atoms. The monoisotopic (exact) mass is 426 g/mol. The quantitative estimate of drug-likeness (QED) is 0.410. The molecule has 10 heteroatoms. The van der Waals surface area contributed by atoms with Gasteiger partial charge in [0.2, 0.25) is 0 Å². The predicted octanol–water partition coefficient (Wildman–Crippen LogP) is 1.52. The minimum absolute atomic E-state index is 0. The molecule has 1 radical (unpaired) electrons. The van der Waals surface area contributed by atoms with E-state index in [9.17, 15) is 4.57 Å². The first-order chi connectivity index (χ1) is 10.8. The molecule has 0 aromatic carbocycles. The van der Waals surface area contributed by atoms with Gasteiger partial charge in [0.15, 0.2) is 0 Å². The number of aromatic nitrogens is 4. The Kier molecular flexibility index (Phi) is 6.11. The van der Waals surface area contributed by atoms with E-state index in [2.05, 4.69) is 27.9 Å². The van der Waals surface area contributed by atoms with Gasteiger partial charge in [-0.1, -0.05) is 13.5 Å². The van der Waals surface area contributed by atoms with Gasteiger partial charge in [0.25, 0.3) is 0 Å². The van der Waals surface area contributed by atoms with E-state index in [4.69, 9.17) is 14.5 Å². The van der Waals surface area contributed by atoms with Gasteiger partial charge in [-0.15, -0.1) is 0 Å². The fourth-order valence-electron chi connectivity index (χ4n) is 2.92. The number of rotatable bonds is 6. The van der Waals surface area contributed by atoms with Gasteiger partial charge in [-0.2, -0.15) is 0 Å². The van der Waals surface area contributed by atoms with Crippen LogP contribution >= 0.6 is 7.60 Å². The third kappa shape index (κ3) is 3.69. The summed E-state index contributed by atoms with van der Waals surface area (Å²) < 4.78 is 18.0. The zero-order valence-corrected chi connectivity index (χ0v) is 17.1. The maximum absolute atomic E-state index is 10.9. The molecular formula is C14H18N4O4PY-. The van der Waals surface area contributed by atoms with Gasteiger partial charge in [-0.25, -0.2) is 0 Å². The molecule has 0 amide bonds. The predicted molar refractivity (Wildman–Crippen MR) is 82.7 cm³/mol. The molecule has 2 aromatic rings. The summed E-state index contributed by atoms with van der Waals surface area (Å²) in [6.07, 6.45) is 6.49.